The van der Waals surface area contributed by atoms with Gasteiger partial charge in [0.1, 0.15) is 17.3 Å². The first-order valence-electron chi connectivity index (χ1n) is 15.7. The summed E-state index contributed by atoms with van der Waals surface area (Å²) in [7, 11) is 1.66. The second-order valence-corrected chi connectivity index (χ2v) is 15.3. The number of halogens is 2. The number of carbonyl (C=O) groups is 5. The number of benzene rings is 2. The summed E-state index contributed by atoms with van der Waals surface area (Å²) < 4.78 is 2.52. The number of hydrogen-bond donors (Lipinski definition) is 2. The van der Waals surface area contributed by atoms with Gasteiger partial charge in [0, 0.05) is 39.3 Å². The highest BCUT2D eigenvalue weighted by molar-refractivity contribution is 7.22. The number of aryl methyl sites for hydroxylation is 2. The third-order valence-corrected chi connectivity index (χ3v) is 12.8. The molecule has 2 aliphatic carbocycles. The van der Waals surface area contributed by atoms with E-state index in [1.54, 1.807) is 26.1 Å². The molecular formula is C35H29Cl2N5O6S. The van der Waals surface area contributed by atoms with Crippen LogP contribution in [0.5, 0.6) is 5.75 Å². The highest BCUT2D eigenvalue weighted by atomic mass is 35.5. The number of phenolic OH excluding ortho intramolecular Hbond substituents is 1. The van der Waals surface area contributed by atoms with Crippen molar-refractivity contribution >= 4 is 80.1 Å². The van der Waals surface area contributed by atoms with Crippen molar-refractivity contribution in [1.29, 1.82) is 0 Å². The Morgan fingerprint density at radius 1 is 1.02 bits per heavy atom. The number of anilines is 1. The van der Waals surface area contributed by atoms with Crippen LogP contribution in [-0.4, -0.2) is 49.4 Å². The van der Waals surface area contributed by atoms with Crippen LogP contribution in [0.4, 0.5) is 10.6 Å². The van der Waals surface area contributed by atoms with E-state index in [4.69, 9.17) is 34.0 Å². The highest BCUT2D eigenvalue weighted by Gasteiger charge is 2.68. The van der Waals surface area contributed by atoms with Gasteiger partial charge < -0.3 is 10.8 Å². The maximum Gasteiger partial charge on any atom is 0.328 e. The Morgan fingerprint density at radius 2 is 1.73 bits per heavy atom. The van der Waals surface area contributed by atoms with E-state index in [9.17, 15) is 29.1 Å². The number of phenols is 1. The number of nitrogens with two attached hydrogens (primary N) is 1. The Bertz CT molecular complexity index is 2240. The van der Waals surface area contributed by atoms with Gasteiger partial charge in [-0.2, -0.15) is 10.00 Å². The zero-order valence-electron chi connectivity index (χ0n) is 26.4. The zero-order chi connectivity index (χ0) is 34.8. The molecule has 250 valence electrons. The summed E-state index contributed by atoms with van der Waals surface area (Å²) in [5.41, 5.74) is 6.54. The van der Waals surface area contributed by atoms with Gasteiger partial charge in [-0.25, -0.2) is 9.69 Å². The van der Waals surface area contributed by atoms with E-state index in [-0.39, 0.29) is 24.4 Å². The van der Waals surface area contributed by atoms with E-state index in [0.29, 0.717) is 31.8 Å². The molecule has 4 aliphatic rings. The summed E-state index contributed by atoms with van der Waals surface area (Å²) in [6.45, 7) is 3.68. The number of likely N-dealkylation sites (tertiary alicyclic amines) is 1. The van der Waals surface area contributed by atoms with E-state index in [2.05, 4.69) is 0 Å². The maximum atomic E-state index is 14.9. The number of urea groups is 1. The first-order valence-corrected chi connectivity index (χ1v) is 17.3. The minimum atomic E-state index is -1.42. The minimum absolute atomic E-state index is 0.0644. The molecule has 0 spiro atoms. The molecule has 2 aromatic carbocycles. The van der Waals surface area contributed by atoms with Crippen molar-refractivity contribution in [2.24, 2.45) is 41.9 Å². The Morgan fingerprint density at radius 3 is 2.47 bits per heavy atom. The first-order chi connectivity index (χ1) is 23.2. The van der Waals surface area contributed by atoms with Gasteiger partial charge in [0.25, 0.3) is 0 Å². The molecule has 0 bridgehead atoms. The summed E-state index contributed by atoms with van der Waals surface area (Å²) in [5.74, 6) is -6.57. The van der Waals surface area contributed by atoms with E-state index in [1.807, 2.05) is 31.2 Å². The van der Waals surface area contributed by atoms with Crippen LogP contribution in [0, 0.1) is 36.0 Å². The Labute approximate surface area is 293 Å². The number of thiophene rings is 1. The second kappa shape index (κ2) is 10.7. The number of aromatic hydroxyl groups is 1. The number of nitrogens with zero attached hydrogens (tertiary/aromatic N) is 4. The van der Waals surface area contributed by atoms with E-state index >= 15 is 0 Å². The van der Waals surface area contributed by atoms with Crippen LogP contribution < -0.4 is 10.6 Å². The number of imide groups is 4. The lowest BCUT2D eigenvalue weighted by molar-refractivity contribution is -0.136. The number of fused-ring (bicyclic) bond motifs is 5. The summed E-state index contributed by atoms with van der Waals surface area (Å²) in [4.78, 5) is 71.0. The number of aromatic nitrogens is 2. The SMILES string of the molecule is Cc1c(-c2cc(N3C(=O)[C@@H]4C[C@@H]5C(=CC[C@@H]6C(=O)N(C(N)=O)C(=O)[C@@H]65)[C@H](c5cc(Cl)ccc5O)[C@]4(C)C3=O)n(C)n2)sc2ccc(Cl)cc12. The molecule has 6 atom stereocenters. The number of hydrogen-bond acceptors (Lipinski definition) is 8. The molecule has 3 fully saturated rings. The monoisotopic (exact) mass is 717 g/mol. The number of allylic oxidation sites excluding steroid dienone is 2. The van der Waals surface area contributed by atoms with Crippen molar-refractivity contribution in [3.8, 4) is 16.3 Å². The Balaban J connectivity index is 1.27. The number of rotatable bonds is 3. The summed E-state index contributed by atoms with van der Waals surface area (Å²) in [6, 6.07) is 10.7. The third-order valence-electron chi connectivity index (χ3n) is 11.0. The molecule has 0 radical (unpaired) electrons. The summed E-state index contributed by atoms with van der Waals surface area (Å²) in [6.07, 6.45) is 2.00. The molecule has 0 unspecified atom stereocenters. The van der Waals surface area contributed by atoms with Crippen LogP contribution >= 0.6 is 34.5 Å². The van der Waals surface area contributed by atoms with Crippen LogP contribution in [0.3, 0.4) is 0 Å². The van der Waals surface area contributed by atoms with Crippen molar-refractivity contribution < 1.29 is 29.1 Å². The molecule has 2 aliphatic heterocycles. The van der Waals surface area contributed by atoms with Crippen molar-refractivity contribution in [2.75, 3.05) is 4.90 Å². The lowest BCUT2D eigenvalue weighted by Gasteiger charge is -2.49. The largest absolute Gasteiger partial charge is 0.508 e. The molecule has 8 rings (SSSR count). The average Bonchev–Trinajstić information content (AvgIpc) is 3.72. The Hall–Kier alpha value is -4.52. The molecule has 14 heteroatoms. The Kier molecular flexibility index (Phi) is 6.95. The van der Waals surface area contributed by atoms with Gasteiger partial charge in [0.05, 0.1) is 28.0 Å². The van der Waals surface area contributed by atoms with Gasteiger partial charge in [-0.1, -0.05) is 34.9 Å². The number of amides is 6. The summed E-state index contributed by atoms with van der Waals surface area (Å²) >= 11 is 14.2. The number of primary amides is 1. The summed E-state index contributed by atoms with van der Waals surface area (Å²) in [5, 5.41) is 17.8. The lowest BCUT2D eigenvalue weighted by atomic mass is 9.51. The van der Waals surface area contributed by atoms with Crippen molar-refractivity contribution in [3.63, 3.8) is 0 Å². The molecule has 3 N–H and O–H groups in total. The van der Waals surface area contributed by atoms with Crippen LogP contribution in [0.1, 0.15) is 36.8 Å². The molecule has 6 amide bonds. The topological polar surface area (TPSA) is 156 Å². The fourth-order valence-corrected chi connectivity index (χ4v) is 10.3. The van der Waals surface area contributed by atoms with E-state index < -0.39 is 64.7 Å². The van der Waals surface area contributed by atoms with Crippen LogP contribution in [0.15, 0.2) is 54.1 Å². The molecule has 4 aromatic rings. The molecule has 49 heavy (non-hydrogen) atoms. The van der Waals surface area contributed by atoms with Crippen molar-refractivity contribution in [3.05, 3.63) is 75.3 Å². The van der Waals surface area contributed by atoms with Gasteiger partial charge in [0.15, 0.2) is 0 Å². The molecule has 2 aromatic heterocycles. The van der Waals surface area contributed by atoms with E-state index in [1.165, 1.54) is 28.2 Å². The lowest BCUT2D eigenvalue weighted by Crippen LogP contribution is -2.49. The quantitative estimate of drug-likeness (QED) is 0.197. The van der Waals surface area contributed by atoms with Gasteiger partial charge in [-0.3, -0.25) is 23.9 Å². The zero-order valence-corrected chi connectivity index (χ0v) is 28.8. The molecule has 2 saturated heterocycles. The van der Waals surface area contributed by atoms with Gasteiger partial charge >= 0.3 is 6.03 Å². The molecular weight excluding hydrogens is 689 g/mol. The maximum absolute atomic E-state index is 14.9. The van der Waals surface area contributed by atoms with E-state index in [0.717, 1.165) is 25.4 Å². The highest BCUT2D eigenvalue weighted by Crippen LogP contribution is 2.64. The standard InChI is InChI=1S/C35H29Cl2N5O6S/c1-14-19-10-16(37)5-9-25(19)49-29(14)23-13-26(40(3)39-23)41-31(45)22-12-20-17(6-7-18-27(20)32(46)42(30(18)44)34(38)48)28(35(22,2)33(41)47)21-11-15(36)4-8-24(21)43/h4-6,8-11,13,18,20,22,27-28,43H,7,12H2,1-3H3,(H2,38,48)/t18-,20+,22-,27-,28+,35+/m0/s1. The van der Waals surface area contributed by atoms with Gasteiger partial charge in [0.2, 0.25) is 23.6 Å². The fraction of sp³-hybridized carbons (Fsp3) is 0.314. The average molecular weight is 719 g/mol. The van der Waals surface area contributed by atoms with Crippen LogP contribution in [-0.2, 0) is 26.2 Å². The molecule has 4 heterocycles. The predicted molar refractivity (Wildman–Crippen MR) is 183 cm³/mol. The van der Waals surface area contributed by atoms with Crippen LogP contribution in [0.2, 0.25) is 10.0 Å². The van der Waals surface area contributed by atoms with Crippen molar-refractivity contribution in [1.82, 2.24) is 14.7 Å². The van der Waals surface area contributed by atoms with Crippen molar-refractivity contribution in [2.45, 2.75) is 32.6 Å². The molecule has 11 nitrogen and oxygen atoms in total. The third kappa shape index (κ3) is 4.26. The first kappa shape index (κ1) is 31.7. The van der Waals surface area contributed by atoms with Gasteiger partial charge in [-0.05, 0) is 80.0 Å². The normalized spacial score (nSPS) is 27.9. The fourth-order valence-electron chi connectivity index (χ4n) is 8.77. The minimum Gasteiger partial charge on any atom is -0.508 e. The van der Waals surface area contributed by atoms with Gasteiger partial charge in [-0.15, -0.1) is 11.3 Å². The number of carbonyl (C=O) groups excluding carboxylic acids is 5. The second-order valence-electron chi connectivity index (χ2n) is 13.4. The smallest absolute Gasteiger partial charge is 0.328 e. The van der Waals surface area contributed by atoms with Crippen LogP contribution in [0.25, 0.3) is 20.7 Å². The predicted octanol–water partition coefficient (Wildman–Crippen LogP) is 5.93. The molecule has 1 saturated carbocycles.